The Balaban J connectivity index is 1.23. The van der Waals surface area contributed by atoms with Crippen molar-refractivity contribution in [1.82, 2.24) is 0 Å². The summed E-state index contributed by atoms with van der Waals surface area (Å²) in [7, 11) is 2.04. The van der Waals surface area contributed by atoms with Gasteiger partial charge in [0.05, 0.1) is 0 Å². The van der Waals surface area contributed by atoms with Crippen LogP contribution >= 0.6 is 0 Å². The zero-order valence-corrected chi connectivity index (χ0v) is 19.3. The second kappa shape index (κ2) is 7.31. The predicted octanol–water partition coefficient (Wildman–Crippen LogP) is 5.33. The molecule has 2 heterocycles. The maximum Gasteiger partial charge on any atom is 0.292 e. The highest BCUT2D eigenvalue weighted by Crippen LogP contribution is 2.65. The normalized spacial score (nSPS) is 26.3. The molecule has 2 unspecified atom stereocenters. The van der Waals surface area contributed by atoms with E-state index >= 15 is 0 Å². The van der Waals surface area contributed by atoms with E-state index < -0.39 is 0 Å². The van der Waals surface area contributed by atoms with Crippen molar-refractivity contribution < 1.29 is 19.0 Å². The number of benzene rings is 1. The second-order valence-electron chi connectivity index (χ2n) is 10.7. The van der Waals surface area contributed by atoms with Crippen molar-refractivity contribution in [1.29, 1.82) is 0 Å². The molecule has 5 aliphatic rings. The van der Waals surface area contributed by atoms with Crippen LogP contribution in [-0.4, -0.2) is 5.11 Å². The van der Waals surface area contributed by atoms with Crippen LogP contribution in [0, 0.1) is 0 Å². The van der Waals surface area contributed by atoms with Crippen LogP contribution in [0.3, 0.4) is 0 Å². The lowest BCUT2D eigenvalue weighted by molar-refractivity contribution is -0.724. The third-order valence-corrected chi connectivity index (χ3v) is 8.93. The molecule has 2 aromatic heterocycles. The van der Waals surface area contributed by atoms with Gasteiger partial charge in [-0.2, -0.15) is 4.57 Å². The van der Waals surface area contributed by atoms with Gasteiger partial charge in [-0.05, 0) is 79.7 Å². The van der Waals surface area contributed by atoms with Crippen LogP contribution in [0.5, 0.6) is 11.5 Å². The number of phenols is 1. The van der Waals surface area contributed by atoms with Crippen LogP contribution in [-0.2, 0) is 13.8 Å². The first-order valence-corrected chi connectivity index (χ1v) is 12.7. The van der Waals surface area contributed by atoms with Crippen molar-refractivity contribution in [2.45, 2.75) is 75.3 Å². The molecule has 168 valence electrons. The first-order valence-electron chi connectivity index (χ1n) is 12.7. The van der Waals surface area contributed by atoms with Crippen LogP contribution in [0.25, 0.3) is 11.1 Å². The molecule has 4 bridgehead atoms. The van der Waals surface area contributed by atoms with Gasteiger partial charge < -0.3 is 9.84 Å². The fourth-order valence-corrected chi connectivity index (χ4v) is 7.33. The minimum Gasteiger partial charge on any atom is -0.507 e. The number of aryl methyl sites for hydroxylation is 1. The molecule has 8 rings (SSSR count). The summed E-state index contributed by atoms with van der Waals surface area (Å²) in [6.45, 7) is 0.516. The van der Waals surface area contributed by atoms with Gasteiger partial charge in [0.25, 0.3) is 6.73 Å². The largest absolute Gasteiger partial charge is 0.507 e. The monoisotopic (exact) mass is 440 g/mol. The van der Waals surface area contributed by atoms with Crippen LogP contribution < -0.4 is 13.9 Å². The molecule has 0 spiro atoms. The van der Waals surface area contributed by atoms with Crippen molar-refractivity contribution in [3.8, 4) is 22.6 Å². The Hall–Kier alpha value is -2.88. The molecule has 4 nitrogen and oxygen atoms in total. The summed E-state index contributed by atoms with van der Waals surface area (Å²) in [6, 6.07) is 8.62. The minimum atomic E-state index is 0.516. The van der Waals surface area contributed by atoms with Crippen molar-refractivity contribution in [2.24, 2.45) is 7.05 Å². The van der Waals surface area contributed by atoms with Gasteiger partial charge in [-0.25, -0.2) is 4.57 Å². The molecule has 2 saturated carbocycles. The van der Waals surface area contributed by atoms with Crippen molar-refractivity contribution in [3.63, 3.8) is 0 Å². The molecule has 3 aromatic rings. The summed E-state index contributed by atoms with van der Waals surface area (Å²) in [5, 5.41) is 11.4. The molecule has 2 fully saturated rings. The molecule has 0 amide bonds. The van der Waals surface area contributed by atoms with Gasteiger partial charge in [0.2, 0.25) is 0 Å². The van der Waals surface area contributed by atoms with Crippen molar-refractivity contribution >= 4 is 0 Å². The van der Waals surface area contributed by atoms with E-state index in [1.807, 2.05) is 7.05 Å². The molecule has 1 N–H and O–H groups in total. The van der Waals surface area contributed by atoms with E-state index in [4.69, 9.17) is 4.74 Å². The van der Waals surface area contributed by atoms with Crippen molar-refractivity contribution in [2.75, 3.05) is 0 Å². The minimum absolute atomic E-state index is 0.516. The Morgan fingerprint density at radius 3 is 1.88 bits per heavy atom. The van der Waals surface area contributed by atoms with Gasteiger partial charge in [-0.3, -0.25) is 0 Å². The zero-order valence-electron chi connectivity index (χ0n) is 19.3. The third-order valence-electron chi connectivity index (χ3n) is 8.93. The van der Waals surface area contributed by atoms with E-state index in [0.29, 0.717) is 36.2 Å². The quantitative estimate of drug-likeness (QED) is 0.557. The van der Waals surface area contributed by atoms with Crippen LogP contribution in [0.4, 0.5) is 0 Å². The maximum atomic E-state index is 11.4. The summed E-state index contributed by atoms with van der Waals surface area (Å²) >= 11 is 0. The standard InChI is InChI=1S/C29H31N2O2/c1-30-12-8-18(9-13-30)19-10-14-31(15-11-19)17-33-29-26-21-4-2-20(3-5-21)24(26)28(32)25-22-6-7-23(16-22)27(25)29/h8-15,20-23H,2-7,16-17H2,1H3/q+1/p+1. The topological polar surface area (TPSA) is 37.2 Å². The van der Waals surface area contributed by atoms with E-state index in [9.17, 15) is 5.11 Å². The Morgan fingerprint density at radius 1 is 0.727 bits per heavy atom. The lowest BCUT2D eigenvalue weighted by Gasteiger charge is -2.41. The first-order chi connectivity index (χ1) is 16.2. The summed E-state index contributed by atoms with van der Waals surface area (Å²) < 4.78 is 10.9. The SMILES string of the molecule is C[n+]1ccc(-c2cc[n+](COc3c4c(c(O)c5c3C3CCC5C3)C3CCC4CC3)cc2)cc1. The Bertz CT molecular complexity index is 1220. The number of nitrogens with zero attached hydrogens (tertiary/aromatic N) is 2. The highest BCUT2D eigenvalue weighted by molar-refractivity contribution is 5.67. The average Bonchev–Trinajstić information content (AvgIpc) is 3.48. The lowest BCUT2D eigenvalue weighted by atomic mass is 9.64. The molecule has 5 aliphatic carbocycles. The smallest absolute Gasteiger partial charge is 0.292 e. The number of rotatable bonds is 4. The Labute approximate surface area is 195 Å². The van der Waals surface area contributed by atoms with Crippen LogP contribution in [0.2, 0.25) is 0 Å². The number of hydrogen-bond donors (Lipinski definition) is 1. The number of ether oxygens (including phenoxy) is 1. The number of pyridine rings is 2. The zero-order chi connectivity index (χ0) is 22.1. The van der Waals surface area contributed by atoms with Gasteiger partial charge in [0.15, 0.2) is 24.8 Å². The number of hydrogen-bond acceptors (Lipinski definition) is 2. The van der Waals surface area contributed by atoms with E-state index in [0.717, 1.165) is 5.75 Å². The first kappa shape index (κ1) is 19.6. The summed E-state index contributed by atoms with van der Waals surface area (Å²) in [5.74, 6) is 3.99. The van der Waals surface area contributed by atoms with E-state index in [2.05, 4.69) is 58.2 Å². The summed E-state index contributed by atoms with van der Waals surface area (Å²) in [4.78, 5) is 0. The molecule has 0 aliphatic heterocycles. The molecule has 4 heteroatoms. The Kier molecular flexibility index (Phi) is 4.34. The molecule has 2 atom stereocenters. The van der Waals surface area contributed by atoms with Gasteiger partial charge in [0, 0.05) is 46.5 Å². The molecule has 0 saturated heterocycles. The highest BCUT2D eigenvalue weighted by atomic mass is 16.5. The van der Waals surface area contributed by atoms with Crippen LogP contribution in [0.1, 0.15) is 90.9 Å². The van der Waals surface area contributed by atoms with Gasteiger partial charge in [-0.15, -0.1) is 0 Å². The average molecular weight is 441 g/mol. The number of fused-ring (bicyclic) bond motifs is 7. The van der Waals surface area contributed by atoms with Gasteiger partial charge in [-0.1, -0.05) is 0 Å². The summed E-state index contributed by atoms with van der Waals surface area (Å²) in [5.41, 5.74) is 7.68. The number of phenolic OH excluding ortho intramolecular Hbond substituents is 1. The molecule has 0 radical (unpaired) electrons. The molecular formula is C29H32N2O2+2. The van der Waals surface area contributed by atoms with Gasteiger partial charge in [0.1, 0.15) is 18.5 Å². The van der Waals surface area contributed by atoms with Gasteiger partial charge >= 0.3 is 0 Å². The maximum absolute atomic E-state index is 11.4. The summed E-state index contributed by atoms with van der Waals surface area (Å²) in [6.07, 6.45) is 17.0. The van der Waals surface area contributed by atoms with E-state index in [1.165, 1.54) is 78.3 Å². The number of aromatic nitrogens is 2. The Morgan fingerprint density at radius 2 is 1.21 bits per heavy atom. The van der Waals surface area contributed by atoms with Crippen LogP contribution in [0.15, 0.2) is 49.1 Å². The fraction of sp³-hybridized carbons (Fsp3) is 0.448. The third kappa shape index (κ3) is 2.96. The highest BCUT2D eigenvalue weighted by Gasteiger charge is 2.47. The predicted molar refractivity (Wildman–Crippen MR) is 125 cm³/mol. The number of aromatic hydroxyl groups is 1. The second-order valence-corrected chi connectivity index (χ2v) is 10.7. The molecule has 33 heavy (non-hydrogen) atoms. The lowest BCUT2D eigenvalue weighted by Crippen LogP contribution is -2.36. The molecular weight excluding hydrogens is 408 g/mol. The van der Waals surface area contributed by atoms with E-state index in [-0.39, 0.29) is 0 Å². The fourth-order valence-electron chi connectivity index (χ4n) is 7.33. The van der Waals surface area contributed by atoms with E-state index in [1.54, 1.807) is 0 Å². The molecule has 1 aromatic carbocycles. The van der Waals surface area contributed by atoms with Crippen molar-refractivity contribution in [3.05, 3.63) is 71.3 Å².